The molecule has 0 amide bonds. The van der Waals surface area contributed by atoms with E-state index in [2.05, 4.69) is 5.32 Å². The minimum Gasteiger partial charge on any atom is -0.497 e. The van der Waals surface area contributed by atoms with E-state index in [0.29, 0.717) is 6.54 Å². The first-order valence-corrected chi connectivity index (χ1v) is 5.88. The number of rotatable bonds is 4. The number of anilines is 1. The van der Waals surface area contributed by atoms with E-state index in [1.807, 2.05) is 24.3 Å². The Kier molecular flexibility index (Phi) is 4.05. The number of benzene rings is 2. The number of hydrogen-bond donors (Lipinski definition) is 1. The number of halogens is 2. The van der Waals surface area contributed by atoms with Crippen LogP contribution < -0.4 is 10.1 Å². The standard InChI is InChI=1S/C14H13ClFNO/c1-18-12-4-2-3-11(8-12)17-9-10-5-6-14(16)13(15)7-10/h2-8,17H,9H2,1H3. The van der Waals surface area contributed by atoms with Crippen molar-refractivity contribution in [2.75, 3.05) is 12.4 Å². The van der Waals surface area contributed by atoms with Gasteiger partial charge in [0, 0.05) is 18.3 Å². The van der Waals surface area contributed by atoms with Crippen LogP contribution in [0.4, 0.5) is 10.1 Å². The molecule has 0 saturated carbocycles. The molecule has 0 bridgehead atoms. The summed E-state index contributed by atoms with van der Waals surface area (Å²) >= 11 is 5.72. The van der Waals surface area contributed by atoms with E-state index in [4.69, 9.17) is 16.3 Å². The first-order valence-electron chi connectivity index (χ1n) is 5.51. The zero-order valence-corrected chi connectivity index (χ0v) is 10.7. The summed E-state index contributed by atoms with van der Waals surface area (Å²) in [6.07, 6.45) is 0. The third kappa shape index (κ3) is 3.14. The molecule has 94 valence electrons. The maximum Gasteiger partial charge on any atom is 0.141 e. The molecule has 0 saturated heterocycles. The summed E-state index contributed by atoms with van der Waals surface area (Å²) in [5, 5.41) is 3.36. The predicted molar refractivity (Wildman–Crippen MR) is 71.7 cm³/mol. The Balaban J connectivity index is 2.04. The quantitative estimate of drug-likeness (QED) is 0.899. The van der Waals surface area contributed by atoms with Crippen LogP contribution in [0.25, 0.3) is 0 Å². The van der Waals surface area contributed by atoms with Crippen LogP contribution in [0.15, 0.2) is 42.5 Å². The first-order chi connectivity index (χ1) is 8.69. The van der Waals surface area contributed by atoms with Gasteiger partial charge in [0.05, 0.1) is 12.1 Å². The molecule has 0 aliphatic rings. The fraction of sp³-hybridized carbons (Fsp3) is 0.143. The zero-order chi connectivity index (χ0) is 13.0. The Morgan fingerprint density at radius 1 is 1.22 bits per heavy atom. The van der Waals surface area contributed by atoms with Crippen LogP contribution in [0.1, 0.15) is 5.56 Å². The predicted octanol–water partition coefficient (Wildman–Crippen LogP) is 4.10. The van der Waals surface area contributed by atoms with E-state index < -0.39 is 5.82 Å². The minimum absolute atomic E-state index is 0.139. The SMILES string of the molecule is COc1cccc(NCc2ccc(F)c(Cl)c2)c1. The monoisotopic (exact) mass is 265 g/mol. The Hall–Kier alpha value is -1.74. The van der Waals surface area contributed by atoms with Gasteiger partial charge in [0.2, 0.25) is 0 Å². The highest BCUT2D eigenvalue weighted by molar-refractivity contribution is 6.30. The topological polar surface area (TPSA) is 21.3 Å². The Labute approximate surface area is 110 Å². The lowest BCUT2D eigenvalue weighted by Crippen LogP contribution is -1.99. The molecule has 0 fully saturated rings. The van der Waals surface area contributed by atoms with Crippen molar-refractivity contribution in [1.29, 1.82) is 0 Å². The lowest BCUT2D eigenvalue weighted by Gasteiger charge is -2.08. The van der Waals surface area contributed by atoms with Crippen LogP contribution in [-0.2, 0) is 6.54 Å². The van der Waals surface area contributed by atoms with Gasteiger partial charge < -0.3 is 10.1 Å². The van der Waals surface area contributed by atoms with E-state index in [-0.39, 0.29) is 5.02 Å². The maximum absolute atomic E-state index is 13.0. The first kappa shape index (κ1) is 12.7. The molecule has 0 atom stereocenters. The van der Waals surface area contributed by atoms with E-state index >= 15 is 0 Å². The van der Waals surface area contributed by atoms with E-state index in [1.165, 1.54) is 6.07 Å². The molecule has 2 aromatic rings. The Bertz CT molecular complexity index is 545. The number of nitrogens with one attached hydrogen (secondary N) is 1. The number of methoxy groups -OCH3 is 1. The summed E-state index contributed by atoms with van der Waals surface area (Å²) < 4.78 is 18.1. The largest absolute Gasteiger partial charge is 0.497 e. The van der Waals surface area contributed by atoms with Crippen molar-refractivity contribution < 1.29 is 9.13 Å². The zero-order valence-electron chi connectivity index (χ0n) is 9.91. The fourth-order valence-electron chi connectivity index (χ4n) is 1.59. The van der Waals surface area contributed by atoms with Crippen molar-refractivity contribution >= 4 is 17.3 Å². The van der Waals surface area contributed by atoms with Gasteiger partial charge in [-0.25, -0.2) is 4.39 Å². The lowest BCUT2D eigenvalue weighted by atomic mass is 10.2. The fourth-order valence-corrected chi connectivity index (χ4v) is 1.79. The van der Waals surface area contributed by atoms with Crippen molar-refractivity contribution in [2.45, 2.75) is 6.54 Å². The highest BCUT2D eigenvalue weighted by Gasteiger charge is 2.01. The third-order valence-corrected chi connectivity index (χ3v) is 2.84. The molecule has 18 heavy (non-hydrogen) atoms. The molecule has 2 nitrogen and oxygen atoms in total. The number of hydrogen-bond acceptors (Lipinski definition) is 2. The van der Waals surface area contributed by atoms with Gasteiger partial charge in [0.1, 0.15) is 11.6 Å². The molecule has 2 aromatic carbocycles. The summed E-state index contributed by atoms with van der Waals surface area (Å²) in [7, 11) is 1.62. The molecule has 2 rings (SSSR count). The van der Waals surface area contributed by atoms with Gasteiger partial charge in [-0.1, -0.05) is 23.7 Å². The molecule has 0 aliphatic carbocycles. The summed E-state index contributed by atoms with van der Waals surface area (Å²) in [6.45, 7) is 0.577. The van der Waals surface area contributed by atoms with Gasteiger partial charge in [0.15, 0.2) is 0 Å². The highest BCUT2D eigenvalue weighted by atomic mass is 35.5. The van der Waals surface area contributed by atoms with Crippen molar-refractivity contribution in [1.82, 2.24) is 0 Å². The van der Waals surface area contributed by atoms with Crippen LogP contribution >= 0.6 is 11.6 Å². The van der Waals surface area contributed by atoms with Crippen LogP contribution in [0.2, 0.25) is 5.02 Å². The Morgan fingerprint density at radius 2 is 2.06 bits per heavy atom. The summed E-state index contributed by atoms with van der Waals surface area (Å²) in [5.41, 5.74) is 1.86. The molecular weight excluding hydrogens is 253 g/mol. The molecule has 4 heteroatoms. The van der Waals surface area contributed by atoms with Gasteiger partial charge in [-0.3, -0.25) is 0 Å². The summed E-state index contributed by atoms with van der Waals surface area (Å²) in [5.74, 6) is 0.388. The van der Waals surface area contributed by atoms with Crippen LogP contribution in [-0.4, -0.2) is 7.11 Å². The average molecular weight is 266 g/mol. The van der Waals surface area contributed by atoms with Crippen molar-refractivity contribution in [2.24, 2.45) is 0 Å². The van der Waals surface area contributed by atoms with Gasteiger partial charge in [-0.2, -0.15) is 0 Å². The molecule has 0 unspecified atom stereocenters. The molecule has 0 aliphatic heterocycles. The number of ether oxygens (including phenoxy) is 1. The molecule has 0 radical (unpaired) electrons. The van der Waals surface area contributed by atoms with Crippen LogP contribution in [0.5, 0.6) is 5.75 Å². The lowest BCUT2D eigenvalue weighted by molar-refractivity contribution is 0.415. The van der Waals surface area contributed by atoms with Crippen molar-refractivity contribution in [3.8, 4) is 5.75 Å². The molecule has 0 aromatic heterocycles. The van der Waals surface area contributed by atoms with E-state index in [0.717, 1.165) is 17.0 Å². The minimum atomic E-state index is -0.401. The van der Waals surface area contributed by atoms with Gasteiger partial charge in [0.25, 0.3) is 0 Å². The molecule has 1 N–H and O–H groups in total. The molecular formula is C14H13ClFNO. The van der Waals surface area contributed by atoms with Crippen molar-refractivity contribution in [3.63, 3.8) is 0 Å². The van der Waals surface area contributed by atoms with Gasteiger partial charge in [-0.05, 0) is 29.8 Å². The molecule has 0 heterocycles. The second-order valence-electron chi connectivity index (χ2n) is 3.83. The molecule has 0 spiro atoms. The summed E-state index contributed by atoms with van der Waals surface area (Å²) in [4.78, 5) is 0. The second-order valence-corrected chi connectivity index (χ2v) is 4.24. The normalized spacial score (nSPS) is 10.2. The van der Waals surface area contributed by atoms with E-state index in [9.17, 15) is 4.39 Å². The van der Waals surface area contributed by atoms with Gasteiger partial charge in [-0.15, -0.1) is 0 Å². The van der Waals surface area contributed by atoms with Crippen molar-refractivity contribution in [3.05, 3.63) is 58.9 Å². The second kappa shape index (κ2) is 5.74. The highest BCUT2D eigenvalue weighted by Crippen LogP contribution is 2.19. The summed E-state index contributed by atoms with van der Waals surface area (Å²) in [6, 6.07) is 12.3. The van der Waals surface area contributed by atoms with Gasteiger partial charge >= 0.3 is 0 Å². The van der Waals surface area contributed by atoms with E-state index in [1.54, 1.807) is 19.2 Å². The Morgan fingerprint density at radius 3 is 2.78 bits per heavy atom. The van der Waals surface area contributed by atoms with Crippen LogP contribution in [0.3, 0.4) is 0 Å². The maximum atomic E-state index is 13.0. The smallest absolute Gasteiger partial charge is 0.141 e. The third-order valence-electron chi connectivity index (χ3n) is 2.55. The van der Waals surface area contributed by atoms with Crippen LogP contribution in [0, 0.1) is 5.82 Å². The average Bonchev–Trinajstić information content (AvgIpc) is 2.40.